The highest BCUT2D eigenvalue weighted by Gasteiger charge is 2.41. The van der Waals surface area contributed by atoms with Crippen molar-refractivity contribution in [2.45, 2.75) is 51.4 Å². The molecular weight excluding hydrogens is 515 g/mol. The molecule has 0 spiro atoms. The second kappa shape index (κ2) is 12.4. The molecule has 3 aromatic rings. The summed E-state index contributed by atoms with van der Waals surface area (Å²) in [6, 6.07) is 8.28. The van der Waals surface area contributed by atoms with Crippen LogP contribution in [0.4, 0.5) is 4.39 Å². The van der Waals surface area contributed by atoms with Crippen LogP contribution in [0.3, 0.4) is 0 Å². The van der Waals surface area contributed by atoms with Crippen molar-refractivity contribution < 1.29 is 23.4 Å². The average Bonchev–Trinajstić information content (AvgIpc) is 3.40. The summed E-state index contributed by atoms with van der Waals surface area (Å²) in [5.74, 6) is 0.0370. The Balaban J connectivity index is 1.35. The number of aromatic amines is 1. The van der Waals surface area contributed by atoms with Crippen LogP contribution in [0.2, 0.25) is 0 Å². The lowest BCUT2D eigenvalue weighted by Crippen LogP contribution is -2.51. The van der Waals surface area contributed by atoms with E-state index in [1.54, 1.807) is 24.4 Å². The number of H-pyrrole nitrogens is 1. The number of halogens is 1. The number of ether oxygens (including phenoxy) is 3. The molecule has 1 aliphatic heterocycles. The summed E-state index contributed by atoms with van der Waals surface area (Å²) in [7, 11) is 3.92. The molecule has 2 aromatic heterocycles. The number of benzene rings is 1. The first-order valence-corrected chi connectivity index (χ1v) is 13.8. The maximum Gasteiger partial charge on any atom is 0.316 e. The quantitative estimate of drug-likeness (QED) is 0.408. The topological polar surface area (TPSA) is 114 Å². The van der Waals surface area contributed by atoms with Gasteiger partial charge in [-0.05, 0) is 64.2 Å². The van der Waals surface area contributed by atoms with Gasteiger partial charge in [0.1, 0.15) is 12.4 Å². The highest BCUT2D eigenvalue weighted by atomic mass is 19.1. The number of aromatic nitrogens is 4. The van der Waals surface area contributed by atoms with E-state index in [0.29, 0.717) is 35.1 Å². The van der Waals surface area contributed by atoms with Crippen molar-refractivity contribution in [1.29, 1.82) is 0 Å². The van der Waals surface area contributed by atoms with Crippen molar-refractivity contribution in [2.75, 3.05) is 40.5 Å². The van der Waals surface area contributed by atoms with Crippen LogP contribution in [-0.2, 0) is 14.3 Å². The molecular formula is C29H37FN6O4. The number of nitrogens with one attached hydrogen (secondary N) is 2. The number of nitrogens with zero attached hydrogens (tertiary/aromatic N) is 4. The second-order valence-corrected chi connectivity index (χ2v) is 11.1. The monoisotopic (exact) mass is 552 g/mol. The zero-order valence-corrected chi connectivity index (χ0v) is 23.3. The number of carbonyl (C=O) groups is 1. The molecule has 0 bridgehead atoms. The molecule has 0 unspecified atom stereocenters. The summed E-state index contributed by atoms with van der Waals surface area (Å²) in [4.78, 5) is 31.9. The van der Waals surface area contributed by atoms with E-state index < -0.39 is 11.7 Å². The van der Waals surface area contributed by atoms with Gasteiger partial charge in [0.25, 0.3) is 0 Å². The fraction of sp³-hybridized carbons (Fsp3) is 0.517. The van der Waals surface area contributed by atoms with Crippen LogP contribution in [-0.4, -0.2) is 77.2 Å². The van der Waals surface area contributed by atoms with Gasteiger partial charge < -0.3 is 29.4 Å². The summed E-state index contributed by atoms with van der Waals surface area (Å²) in [6.07, 6.45) is 6.35. The van der Waals surface area contributed by atoms with E-state index in [2.05, 4.69) is 20.3 Å². The predicted octanol–water partition coefficient (Wildman–Crippen LogP) is 4.11. The zero-order chi connectivity index (χ0) is 28.1. The Bertz CT molecular complexity index is 1280. The molecule has 0 atom stereocenters. The van der Waals surface area contributed by atoms with E-state index in [1.165, 1.54) is 18.6 Å². The molecule has 2 N–H and O–H groups in total. The smallest absolute Gasteiger partial charge is 0.316 e. The molecule has 214 valence electrons. The molecule has 10 nitrogen and oxygen atoms in total. The molecule has 5 rings (SSSR count). The third-order valence-corrected chi connectivity index (χ3v) is 7.32. The highest BCUT2D eigenvalue weighted by Crippen LogP contribution is 2.36. The first-order valence-electron chi connectivity index (χ1n) is 13.8. The van der Waals surface area contributed by atoms with Gasteiger partial charge in [0.2, 0.25) is 12.2 Å². The first kappa shape index (κ1) is 28.1. The Kier molecular flexibility index (Phi) is 8.72. The average molecular weight is 553 g/mol. The molecule has 1 saturated carbocycles. The summed E-state index contributed by atoms with van der Waals surface area (Å²) in [6.45, 7) is 3.39. The van der Waals surface area contributed by atoms with Crippen molar-refractivity contribution >= 4 is 5.91 Å². The van der Waals surface area contributed by atoms with Crippen LogP contribution in [0.15, 0.2) is 36.5 Å². The van der Waals surface area contributed by atoms with Crippen LogP contribution in [0.5, 0.6) is 6.01 Å². The minimum atomic E-state index is -0.804. The fourth-order valence-electron chi connectivity index (χ4n) is 4.88. The van der Waals surface area contributed by atoms with Crippen LogP contribution < -0.4 is 10.1 Å². The van der Waals surface area contributed by atoms with Crippen molar-refractivity contribution in [3.8, 4) is 28.7 Å². The maximum atomic E-state index is 13.7. The van der Waals surface area contributed by atoms with Gasteiger partial charge in [-0.2, -0.15) is 4.98 Å². The number of hydrogen-bond donors (Lipinski definition) is 2. The molecule has 1 amide bonds. The molecule has 1 aromatic carbocycles. The summed E-state index contributed by atoms with van der Waals surface area (Å²) < 4.78 is 31.5. The van der Waals surface area contributed by atoms with Crippen LogP contribution in [0, 0.1) is 11.2 Å². The van der Waals surface area contributed by atoms with E-state index in [4.69, 9.17) is 19.2 Å². The number of imidazole rings is 1. The van der Waals surface area contributed by atoms with Gasteiger partial charge in [-0.3, -0.25) is 4.79 Å². The lowest BCUT2D eigenvalue weighted by atomic mass is 9.89. The fourth-order valence-corrected chi connectivity index (χ4v) is 4.88. The second-order valence-electron chi connectivity index (χ2n) is 11.1. The van der Waals surface area contributed by atoms with Gasteiger partial charge in [0, 0.05) is 24.3 Å². The number of carbonyl (C=O) groups excluding carboxylic acids is 1. The largest absolute Gasteiger partial charge is 0.462 e. The van der Waals surface area contributed by atoms with Crippen molar-refractivity contribution in [2.24, 2.45) is 5.41 Å². The zero-order valence-electron chi connectivity index (χ0n) is 23.3. The molecule has 0 radical (unpaired) electrons. The predicted molar refractivity (Wildman–Crippen MR) is 147 cm³/mol. The Hall–Kier alpha value is -3.41. The summed E-state index contributed by atoms with van der Waals surface area (Å²) in [5, 5.41) is 3.19. The minimum absolute atomic E-state index is 0.0484. The first-order chi connectivity index (χ1) is 19.3. The molecule has 2 aliphatic rings. The van der Waals surface area contributed by atoms with Gasteiger partial charge in [-0.25, -0.2) is 14.4 Å². The number of rotatable bonds is 9. The third-order valence-electron chi connectivity index (χ3n) is 7.32. The van der Waals surface area contributed by atoms with E-state index in [9.17, 15) is 9.18 Å². The van der Waals surface area contributed by atoms with E-state index in [1.807, 2.05) is 25.9 Å². The van der Waals surface area contributed by atoms with Gasteiger partial charge in [0.05, 0.1) is 35.7 Å². The van der Waals surface area contributed by atoms with Crippen molar-refractivity contribution in [3.05, 3.63) is 48.2 Å². The summed E-state index contributed by atoms with van der Waals surface area (Å²) >= 11 is 0. The maximum absolute atomic E-state index is 13.7. The highest BCUT2D eigenvalue weighted by molar-refractivity contribution is 5.83. The summed E-state index contributed by atoms with van der Waals surface area (Å²) in [5.41, 5.74) is 1.61. The van der Waals surface area contributed by atoms with Crippen molar-refractivity contribution in [1.82, 2.24) is 30.2 Å². The number of likely N-dealkylation sites (N-methyl/N-ethyl adjacent to an activating group) is 1. The standard InChI is InChI=1S/C29H37FN6O4/c1-29(27(37)32-21-7-5-4-6-8-21)17-39-26(40-18-29)25-34-23(19-9-11-20(30)12-10-19)24(35-25)22-13-14-31-28(33-22)38-16-15-36(2)3/h9-14,21,26H,4-8,15-18H2,1-3H3,(H,32,37)(H,34,35). The third kappa shape index (κ3) is 6.65. The molecule has 11 heteroatoms. The van der Waals surface area contributed by atoms with Gasteiger partial charge in [0.15, 0.2) is 5.82 Å². The van der Waals surface area contributed by atoms with E-state index >= 15 is 0 Å². The van der Waals surface area contributed by atoms with E-state index in [0.717, 1.165) is 32.2 Å². The Labute approximate surface area is 233 Å². The number of amides is 1. The molecule has 1 saturated heterocycles. The lowest BCUT2D eigenvalue weighted by Gasteiger charge is -2.37. The van der Waals surface area contributed by atoms with Gasteiger partial charge in [-0.1, -0.05) is 19.3 Å². The van der Waals surface area contributed by atoms with Gasteiger partial charge >= 0.3 is 6.01 Å². The van der Waals surface area contributed by atoms with Crippen molar-refractivity contribution in [3.63, 3.8) is 0 Å². The SMILES string of the molecule is CN(C)CCOc1nccc(-c2[nH]c(C3OCC(C)(C(=O)NC4CCCCC4)CO3)nc2-c2ccc(F)cc2)n1. The van der Waals surface area contributed by atoms with Crippen LogP contribution in [0.25, 0.3) is 22.6 Å². The van der Waals surface area contributed by atoms with Crippen LogP contribution >= 0.6 is 0 Å². The lowest BCUT2D eigenvalue weighted by molar-refractivity contribution is -0.231. The Morgan fingerprint density at radius 1 is 1.12 bits per heavy atom. The Morgan fingerprint density at radius 3 is 2.55 bits per heavy atom. The minimum Gasteiger partial charge on any atom is -0.462 e. The Morgan fingerprint density at radius 2 is 1.85 bits per heavy atom. The number of hydrogen-bond acceptors (Lipinski definition) is 8. The van der Waals surface area contributed by atoms with Gasteiger partial charge in [-0.15, -0.1) is 0 Å². The van der Waals surface area contributed by atoms with Crippen LogP contribution in [0.1, 0.15) is 51.1 Å². The molecule has 3 heterocycles. The molecule has 1 aliphatic carbocycles. The molecule has 2 fully saturated rings. The molecule has 40 heavy (non-hydrogen) atoms. The van der Waals surface area contributed by atoms with E-state index in [-0.39, 0.29) is 37.0 Å². The normalized spacial score (nSPS) is 21.9.